The molecule has 0 aliphatic carbocycles. The number of esters is 1. The normalized spacial score (nSPS) is 10.0. The number of carbonyl (C=O) groups excluding carboxylic acids is 1. The van der Waals surface area contributed by atoms with Gasteiger partial charge in [0.15, 0.2) is 0 Å². The summed E-state index contributed by atoms with van der Waals surface area (Å²) in [5.74, 6) is 0.689. The standard InChI is InChI=1S/C7H13O2S/c1-6(2)5-9-7(8)3-4-10/h6H,3-5H2,1-2H3. The van der Waals surface area contributed by atoms with Gasteiger partial charge in [-0.05, 0) is 5.92 Å². The second-order valence-electron chi connectivity index (χ2n) is 2.53. The first-order valence-corrected chi connectivity index (χ1v) is 3.98. The van der Waals surface area contributed by atoms with Crippen molar-refractivity contribution >= 4 is 18.6 Å². The van der Waals surface area contributed by atoms with Gasteiger partial charge in [-0.25, -0.2) is 0 Å². The molecular weight excluding hydrogens is 148 g/mol. The van der Waals surface area contributed by atoms with Crippen LogP contribution in [-0.4, -0.2) is 18.3 Å². The first-order chi connectivity index (χ1) is 4.66. The van der Waals surface area contributed by atoms with Crippen molar-refractivity contribution in [3.05, 3.63) is 0 Å². The first kappa shape index (κ1) is 9.82. The molecule has 1 radical (unpaired) electrons. The Hall–Kier alpha value is -0.180. The van der Waals surface area contributed by atoms with Crippen molar-refractivity contribution in [1.29, 1.82) is 0 Å². The molecule has 0 atom stereocenters. The van der Waals surface area contributed by atoms with Gasteiger partial charge in [0.25, 0.3) is 0 Å². The Morgan fingerprint density at radius 3 is 2.60 bits per heavy atom. The van der Waals surface area contributed by atoms with Gasteiger partial charge in [0.05, 0.1) is 13.0 Å². The van der Waals surface area contributed by atoms with Crippen molar-refractivity contribution in [2.24, 2.45) is 5.92 Å². The van der Waals surface area contributed by atoms with E-state index in [2.05, 4.69) is 12.6 Å². The minimum atomic E-state index is -0.177. The summed E-state index contributed by atoms with van der Waals surface area (Å²) in [6.45, 7) is 4.51. The van der Waals surface area contributed by atoms with Gasteiger partial charge < -0.3 is 4.74 Å². The molecule has 0 unspecified atom stereocenters. The van der Waals surface area contributed by atoms with E-state index in [1.807, 2.05) is 13.8 Å². The molecule has 0 heterocycles. The van der Waals surface area contributed by atoms with Crippen molar-refractivity contribution in [3.8, 4) is 0 Å². The smallest absolute Gasteiger partial charge is 0.306 e. The number of hydrogen-bond donors (Lipinski definition) is 0. The van der Waals surface area contributed by atoms with Gasteiger partial charge in [0.1, 0.15) is 0 Å². The Kier molecular flexibility index (Phi) is 5.49. The lowest BCUT2D eigenvalue weighted by atomic mass is 10.2. The van der Waals surface area contributed by atoms with Crippen LogP contribution in [0.4, 0.5) is 0 Å². The Morgan fingerprint density at radius 2 is 2.20 bits per heavy atom. The van der Waals surface area contributed by atoms with Crippen LogP contribution < -0.4 is 0 Å². The van der Waals surface area contributed by atoms with E-state index in [0.717, 1.165) is 0 Å². The molecule has 0 amide bonds. The molecule has 0 aromatic rings. The van der Waals surface area contributed by atoms with Crippen molar-refractivity contribution in [3.63, 3.8) is 0 Å². The van der Waals surface area contributed by atoms with E-state index in [0.29, 0.717) is 24.7 Å². The number of carbonyl (C=O) groups is 1. The third kappa shape index (κ3) is 5.95. The molecule has 3 heteroatoms. The highest BCUT2D eigenvalue weighted by molar-refractivity contribution is 7.80. The molecule has 0 aromatic carbocycles. The van der Waals surface area contributed by atoms with E-state index in [9.17, 15) is 4.79 Å². The average Bonchev–Trinajstić information content (AvgIpc) is 1.85. The third-order valence-corrected chi connectivity index (χ3v) is 1.09. The van der Waals surface area contributed by atoms with Crippen LogP contribution >= 0.6 is 12.6 Å². The lowest BCUT2D eigenvalue weighted by Crippen LogP contribution is -2.09. The van der Waals surface area contributed by atoms with Crippen LogP contribution in [0.2, 0.25) is 0 Å². The van der Waals surface area contributed by atoms with Crippen molar-refractivity contribution in [1.82, 2.24) is 0 Å². The molecule has 10 heavy (non-hydrogen) atoms. The largest absolute Gasteiger partial charge is 0.465 e. The average molecular weight is 161 g/mol. The predicted molar refractivity (Wildman–Crippen MR) is 42.9 cm³/mol. The van der Waals surface area contributed by atoms with Gasteiger partial charge in [-0.3, -0.25) is 4.79 Å². The lowest BCUT2D eigenvalue weighted by molar-refractivity contribution is -0.144. The maximum atomic E-state index is 10.7. The fourth-order valence-corrected chi connectivity index (χ4v) is 0.582. The fourth-order valence-electron chi connectivity index (χ4n) is 0.415. The molecule has 0 fully saturated rings. The Morgan fingerprint density at radius 1 is 1.60 bits per heavy atom. The second kappa shape index (κ2) is 5.59. The zero-order chi connectivity index (χ0) is 7.98. The summed E-state index contributed by atoms with van der Waals surface area (Å²) < 4.78 is 4.84. The molecule has 0 aromatic heterocycles. The van der Waals surface area contributed by atoms with E-state index in [1.54, 1.807) is 0 Å². The summed E-state index contributed by atoms with van der Waals surface area (Å²) in [6.07, 6.45) is 0.363. The minimum Gasteiger partial charge on any atom is -0.465 e. The fraction of sp³-hybridized carbons (Fsp3) is 0.857. The number of ether oxygens (including phenoxy) is 1. The Bertz CT molecular complexity index is 102. The van der Waals surface area contributed by atoms with E-state index >= 15 is 0 Å². The van der Waals surface area contributed by atoms with Gasteiger partial charge >= 0.3 is 5.97 Å². The van der Waals surface area contributed by atoms with Gasteiger partial charge in [0, 0.05) is 5.75 Å². The number of hydrogen-bond acceptors (Lipinski definition) is 2. The monoisotopic (exact) mass is 161 g/mol. The predicted octanol–water partition coefficient (Wildman–Crippen LogP) is 1.77. The zero-order valence-electron chi connectivity index (χ0n) is 6.42. The summed E-state index contributed by atoms with van der Waals surface area (Å²) >= 11 is 4.61. The van der Waals surface area contributed by atoms with Gasteiger partial charge in [0.2, 0.25) is 0 Å². The molecule has 0 aliphatic rings. The second-order valence-corrected chi connectivity index (χ2v) is 2.94. The molecule has 0 rings (SSSR count). The van der Waals surface area contributed by atoms with Gasteiger partial charge in [-0.1, -0.05) is 26.5 Å². The summed E-state index contributed by atoms with van der Waals surface area (Å²) in [6, 6.07) is 0. The molecule has 0 bridgehead atoms. The van der Waals surface area contributed by atoms with Crippen LogP contribution in [0.3, 0.4) is 0 Å². The molecule has 59 valence electrons. The molecular formula is C7H13O2S. The highest BCUT2D eigenvalue weighted by atomic mass is 32.1. The molecule has 0 spiro atoms. The number of rotatable bonds is 4. The van der Waals surface area contributed by atoms with E-state index in [4.69, 9.17) is 4.74 Å². The Balaban J connectivity index is 3.22. The molecule has 2 nitrogen and oxygen atoms in total. The van der Waals surface area contributed by atoms with Gasteiger partial charge in [-0.15, -0.1) is 0 Å². The Labute approximate surface area is 67.4 Å². The minimum absolute atomic E-state index is 0.177. The van der Waals surface area contributed by atoms with Crippen LogP contribution in [-0.2, 0) is 9.53 Å². The molecule has 0 N–H and O–H groups in total. The quantitative estimate of drug-likeness (QED) is 0.587. The van der Waals surface area contributed by atoms with Crippen molar-refractivity contribution in [2.75, 3.05) is 12.4 Å². The maximum absolute atomic E-state index is 10.7. The highest BCUT2D eigenvalue weighted by Gasteiger charge is 2.01. The lowest BCUT2D eigenvalue weighted by Gasteiger charge is -2.04. The highest BCUT2D eigenvalue weighted by Crippen LogP contribution is 1.95. The van der Waals surface area contributed by atoms with E-state index in [-0.39, 0.29) is 5.97 Å². The van der Waals surface area contributed by atoms with Gasteiger partial charge in [-0.2, -0.15) is 0 Å². The van der Waals surface area contributed by atoms with Crippen LogP contribution in [0.1, 0.15) is 20.3 Å². The summed E-state index contributed by atoms with van der Waals surface area (Å²) in [4.78, 5) is 10.7. The zero-order valence-corrected chi connectivity index (χ0v) is 7.24. The van der Waals surface area contributed by atoms with Crippen molar-refractivity contribution in [2.45, 2.75) is 20.3 Å². The third-order valence-electron chi connectivity index (χ3n) is 0.884. The van der Waals surface area contributed by atoms with E-state index < -0.39 is 0 Å². The molecule has 0 aliphatic heterocycles. The first-order valence-electron chi connectivity index (χ1n) is 3.40. The molecule has 0 saturated heterocycles. The summed E-state index contributed by atoms with van der Waals surface area (Å²) in [7, 11) is 0. The summed E-state index contributed by atoms with van der Waals surface area (Å²) in [5, 5.41) is 0. The molecule has 0 saturated carbocycles. The van der Waals surface area contributed by atoms with Crippen LogP contribution in [0.25, 0.3) is 0 Å². The SMILES string of the molecule is CC(C)COC(=O)CC[S]. The summed E-state index contributed by atoms with van der Waals surface area (Å²) in [5.41, 5.74) is 0. The van der Waals surface area contributed by atoms with Crippen LogP contribution in [0.5, 0.6) is 0 Å². The topological polar surface area (TPSA) is 26.3 Å². The van der Waals surface area contributed by atoms with Crippen LogP contribution in [0.15, 0.2) is 0 Å². The van der Waals surface area contributed by atoms with Crippen LogP contribution in [0, 0.1) is 5.92 Å². The maximum Gasteiger partial charge on any atom is 0.306 e. The van der Waals surface area contributed by atoms with E-state index in [1.165, 1.54) is 0 Å². The van der Waals surface area contributed by atoms with Crippen molar-refractivity contribution < 1.29 is 9.53 Å².